The number of carbonyl (C=O) groups excluding carboxylic acids is 1. The van der Waals surface area contributed by atoms with Crippen molar-refractivity contribution in [3.63, 3.8) is 0 Å². The number of aliphatic hydroxyl groups excluding tert-OH is 8. The van der Waals surface area contributed by atoms with E-state index in [1.54, 1.807) is 6.08 Å². The molecule has 1 amide bonds. The Morgan fingerprint density at radius 3 is 1.75 bits per heavy atom. The van der Waals surface area contributed by atoms with Crippen molar-refractivity contribution in [2.24, 2.45) is 0 Å². The molecule has 0 aromatic rings. The van der Waals surface area contributed by atoms with E-state index in [1.807, 2.05) is 6.08 Å². The van der Waals surface area contributed by atoms with Crippen molar-refractivity contribution in [3.05, 3.63) is 60.8 Å². The van der Waals surface area contributed by atoms with E-state index in [9.17, 15) is 45.6 Å². The van der Waals surface area contributed by atoms with Crippen LogP contribution in [-0.2, 0) is 23.7 Å². The van der Waals surface area contributed by atoms with Gasteiger partial charge in [0.2, 0.25) is 5.91 Å². The molecule has 0 aliphatic carbocycles. The number of hydrogen-bond donors (Lipinski definition) is 9. The van der Waals surface area contributed by atoms with Crippen LogP contribution < -0.4 is 5.32 Å². The summed E-state index contributed by atoms with van der Waals surface area (Å²) in [6, 6.07) is -0.936. The van der Waals surface area contributed by atoms with Crippen LogP contribution in [0.15, 0.2) is 60.8 Å². The summed E-state index contributed by atoms with van der Waals surface area (Å²) < 4.78 is 22.6. The first-order valence-corrected chi connectivity index (χ1v) is 24.0. The zero-order valence-electron chi connectivity index (χ0n) is 38.3. The predicted octanol–water partition coefficient (Wildman–Crippen LogP) is 5.49. The van der Waals surface area contributed by atoms with E-state index in [4.69, 9.17) is 18.9 Å². The summed E-state index contributed by atoms with van der Waals surface area (Å²) in [5, 5.41) is 86.5. The Kier molecular flexibility index (Phi) is 32.4. The van der Waals surface area contributed by atoms with E-state index >= 15 is 0 Å². The average Bonchev–Trinajstić information content (AvgIpc) is 3.28. The summed E-state index contributed by atoms with van der Waals surface area (Å²) in [5.74, 6) is -0.265. The first-order chi connectivity index (χ1) is 30.6. The maximum atomic E-state index is 13.1. The molecule has 14 nitrogen and oxygen atoms in total. The summed E-state index contributed by atoms with van der Waals surface area (Å²) in [5.41, 5.74) is 0. The molecular weight excluding hydrogens is 811 g/mol. The Balaban J connectivity index is 1.88. The van der Waals surface area contributed by atoms with Crippen LogP contribution in [0, 0.1) is 0 Å². The van der Waals surface area contributed by atoms with Crippen LogP contribution in [0.2, 0.25) is 0 Å². The molecule has 2 aliphatic rings. The average molecular weight is 896 g/mol. The fourth-order valence-electron chi connectivity index (χ4n) is 7.49. The number of unbranched alkanes of at least 4 members (excludes halogenated alkanes) is 14. The number of amides is 1. The second-order valence-corrected chi connectivity index (χ2v) is 16.8. The van der Waals surface area contributed by atoms with Gasteiger partial charge >= 0.3 is 0 Å². The highest BCUT2D eigenvalue weighted by molar-refractivity contribution is 5.76. The molecule has 0 spiro atoms. The third-order valence-electron chi connectivity index (χ3n) is 11.4. The molecule has 0 saturated carbocycles. The van der Waals surface area contributed by atoms with Gasteiger partial charge in [-0.15, -0.1) is 0 Å². The zero-order chi connectivity index (χ0) is 46.1. The maximum Gasteiger partial charge on any atom is 0.220 e. The van der Waals surface area contributed by atoms with Gasteiger partial charge in [0.1, 0.15) is 48.8 Å². The molecule has 9 N–H and O–H groups in total. The largest absolute Gasteiger partial charge is 0.394 e. The second-order valence-electron chi connectivity index (χ2n) is 16.8. The van der Waals surface area contributed by atoms with Crippen LogP contribution in [0.25, 0.3) is 0 Å². The van der Waals surface area contributed by atoms with Crippen LogP contribution in [0.4, 0.5) is 0 Å². The van der Waals surface area contributed by atoms with Crippen molar-refractivity contribution >= 4 is 5.91 Å². The Morgan fingerprint density at radius 1 is 0.587 bits per heavy atom. The Labute approximate surface area is 377 Å². The lowest BCUT2D eigenvalue weighted by molar-refractivity contribution is -0.359. The summed E-state index contributed by atoms with van der Waals surface area (Å²) in [6.07, 6.45) is 25.5. The Bertz CT molecular complexity index is 1290. The highest BCUT2D eigenvalue weighted by Gasteiger charge is 2.51. The molecule has 2 rings (SSSR count). The fraction of sp³-hybridized carbons (Fsp3) is 0.776. The van der Waals surface area contributed by atoms with Crippen molar-refractivity contribution in [1.29, 1.82) is 0 Å². The lowest BCUT2D eigenvalue weighted by Crippen LogP contribution is -2.65. The van der Waals surface area contributed by atoms with Gasteiger partial charge in [-0.2, -0.15) is 0 Å². The molecule has 0 bridgehead atoms. The lowest BCUT2D eigenvalue weighted by atomic mass is 9.97. The quantitative estimate of drug-likeness (QED) is 0.0284. The maximum absolute atomic E-state index is 13.1. The minimum Gasteiger partial charge on any atom is -0.394 e. The molecule has 2 aliphatic heterocycles. The van der Waals surface area contributed by atoms with Crippen LogP contribution in [-0.4, -0.2) is 140 Å². The molecule has 0 aromatic carbocycles. The number of allylic oxidation sites excluding steroid dienone is 9. The van der Waals surface area contributed by atoms with Gasteiger partial charge < -0.3 is 65.1 Å². The van der Waals surface area contributed by atoms with Crippen molar-refractivity contribution in [2.45, 2.75) is 222 Å². The standard InChI is InChI=1S/C49H85NO13/c1-3-5-7-9-11-13-15-17-18-19-20-21-23-25-27-29-31-33-41(54)50-37(38(53)32-30-28-26-24-22-16-14-12-10-8-6-4-2)36-60-48-46(59)44(57)47(40(35-52)62-48)63-49-45(58)43(56)42(55)39(34-51)61-49/h5,7,11,13,17-18,22,24,30,32,37-40,42-49,51-53,55-59H,3-4,6,8-10,12,14-16,19-21,23,25-29,31,33-36H2,1-2H3,(H,50,54)/b7-5-,13-11-,18-17-,24-22+,32-30+. The molecule has 14 heteroatoms. The smallest absolute Gasteiger partial charge is 0.220 e. The van der Waals surface area contributed by atoms with Gasteiger partial charge in [-0.3, -0.25) is 4.79 Å². The number of nitrogens with one attached hydrogen (secondary N) is 1. The molecule has 2 heterocycles. The van der Waals surface area contributed by atoms with Gasteiger partial charge in [0, 0.05) is 6.42 Å². The molecular formula is C49H85NO13. The first kappa shape index (κ1) is 56.8. The van der Waals surface area contributed by atoms with Crippen LogP contribution in [0.1, 0.15) is 149 Å². The molecule has 63 heavy (non-hydrogen) atoms. The van der Waals surface area contributed by atoms with Crippen LogP contribution in [0.3, 0.4) is 0 Å². The van der Waals surface area contributed by atoms with Gasteiger partial charge in [-0.1, -0.05) is 139 Å². The molecule has 2 saturated heterocycles. The predicted molar refractivity (Wildman–Crippen MR) is 244 cm³/mol. The highest BCUT2D eigenvalue weighted by Crippen LogP contribution is 2.30. The Morgan fingerprint density at radius 2 is 1.11 bits per heavy atom. The summed E-state index contributed by atoms with van der Waals surface area (Å²) >= 11 is 0. The first-order valence-electron chi connectivity index (χ1n) is 24.0. The van der Waals surface area contributed by atoms with Gasteiger partial charge in [-0.05, 0) is 64.2 Å². The SMILES string of the molecule is CC/C=C\C/C=C\C/C=C\CCCCCCCCCC(=O)NC(COC1OC(CO)C(OC2OC(CO)C(O)C(O)C2O)C(O)C1O)C(O)/C=C/CC/C=C/CCCCCCCC. The minimum atomic E-state index is -1.79. The van der Waals surface area contributed by atoms with E-state index in [0.29, 0.717) is 12.8 Å². The molecule has 2 fully saturated rings. The summed E-state index contributed by atoms with van der Waals surface area (Å²) in [4.78, 5) is 13.1. The number of hydrogen-bond acceptors (Lipinski definition) is 13. The van der Waals surface area contributed by atoms with Crippen molar-refractivity contribution < 1.29 is 64.6 Å². The number of ether oxygens (including phenoxy) is 4. The normalized spacial score (nSPS) is 28.0. The molecule has 364 valence electrons. The lowest BCUT2D eigenvalue weighted by Gasteiger charge is -2.46. The number of aliphatic hydroxyl groups is 8. The third kappa shape index (κ3) is 23.6. The van der Waals surface area contributed by atoms with Crippen molar-refractivity contribution in [1.82, 2.24) is 5.32 Å². The fourth-order valence-corrected chi connectivity index (χ4v) is 7.49. The minimum absolute atomic E-state index is 0.259. The van der Waals surface area contributed by atoms with Crippen LogP contribution in [0.5, 0.6) is 0 Å². The van der Waals surface area contributed by atoms with Gasteiger partial charge in [0.15, 0.2) is 12.6 Å². The van der Waals surface area contributed by atoms with Crippen LogP contribution >= 0.6 is 0 Å². The zero-order valence-corrected chi connectivity index (χ0v) is 38.3. The van der Waals surface area contributed by atoms with E-state index < -0.39 is 86.8 Å². The monoisotopic (exact) mass is 896 g/mol. The van der Waals surface area contributed by atoms with Gasteiger partial charge in [0.05, 0.1) is 32.0 Å². The van der Waals surface area contributed by atoms with E-state index in [1.165, 1.54) is 44.9 Å². The van der Waals surface area contributed by atoms with Gasteiger partial charge in [-0.25, -0.2) is 0 Å². The molecule has 0 radical (unpaired) electrons. The van der Waals surface area contributed by atoms with E-state index in [0.717, 1.165) is 70.6 Å². The summed E-state index contributed by atoms with van der Waals surface area (Å²) in [6.45, 7) is 2.60. The Hall–Kier alpha value is -2.31. The van der Waals surface area contributed by atoms with E-state index in [-0.39, 0.29) is 18.9 Å². The molecule has 0 aromatic heterocycles. The molecule has 12 unspecified atom stereocenters. The van der Waals surface area contributed by atoms with Crippen molar-refractivity contribution in [3.8, 4) is 0 Å². The van der Waals surface area contributed by atoms with E-state index in [2.05, 4.69) is 67.8 Å². The molecule has 12 atom stereocenters. The third-order valence-corrected chi connectivity index (χ3v) is 11.4. The number of carbonyl (C=O) groups is 1. The number of rotatable bonds is 35. The van der Waals surface area contributed by atoms with Crippen molar-refractivity contribution in [2.75, 3.05) is 19.8 Å². The second kappa shape index (κ2) is 35.9. The highest BCUT2D eigenvalue weighted by atomic mass is 16.7. The topological polar surface area (TPSA) is 228 Å². The van der Waals surface area contributed by atoms with Gasteiger partial charge in [0.25, 0.3) is 0 Å². The summed E-state index contributed by atoms with van der Waals surface area (Å²) in [7, 11) is 0.